The molecule has 1 fully saturated rings. The van der Waals surface area contributed by atoms with Gasteiger partial charge in [0, 0.05) is 0 Å². The van der Waals surface area contributed by atoms with Gasteiger partial charge in [-0.15, -0.1) is 0 Å². The maximum atomic E-state index is 13.2. The summed E-state index contributed by atoms with van der Waals surface area (Å²) in [6.45, 7) is 5.76. The molecule has 2 N–H and O–H groups in total. The fourth-order valence-electron chi connectivity index (χ4n) is 4.48. The molecule has 2 aliphatic rings. The largest absolute Gasteiger partial charge is 0.491 e. The Morgan fingerprint density at radius 1 is 1.13 bits per heavy atom. The lowest BCUT2D eigenvalue weighted by molar-refractivity contribution is -0.132. The van der Waals surface area contributed by atoms with Crippen LogP contribution in [0.2, 0.25) is 0 Å². The molecule has 0 radical (unpaired) electrons. The molecule has 1 saturated heterocycles. The van der Waals surface area contributed by atoms with Crippen molar-refractivity contribution in [2.75, 3.05) is 13.2 Å². The lowest BCUT2D eigenvalue weighted by Crippen LogP contribution is -2.42. The molecule has 1 aliphatic heterocycles. The van der Waals surface area contributed by atoms with Crippen molar-refractivity contribution in [3.8, 4) is 5.75 Å². The van der Waals surface area contributed by atoms with Crippen molar-refractivity contribution in [2.24, 2.45) is 0 Å². The molecule has 2 atom stereocenters. The highest BCUT2D eigenvalue weighted by Gasteiger charge is 2.49. The highest BCUT2D eigenvalue weighted by atomic mass is 16.5. The van der Waals surface area contributed by atoms with E-state index in [0.29, 0.717) is 5.75 Å². The number of aliphatic hydroxyl groups excluding tert-OH is 1. The lowest BCUT2D eigenvalue weighted by atomic mass is 9.89. The number of fused-ring (bicyclic) bond motifs is 1. The van der Waals surface area contributed by atoms with E-state index in [0.717, 1.165) is 35.3 Å². The molecule has 3 amide bonds. The van der Waals surface area contributed by atoms with E-state index in [1.165, 1.54) is 11.1 Å². The standard InChI is InChI=1S/C25H30N2O4/c1-16(2)21-9-4-5-10-22(21)31-15-20(28)14-27-23(29)25(3,26-24(27)30)19-12-11-17-7-6-8-18(17)13-19/h4-5,9-13,16,20,28H,6-8,14-15H2,1-3H3,(H,26,30)/t20-,25+/m0/s1. The monoisotopic (exact) mass is 422 g/mol. The molecule has 0 unspecified atom stereocenters. The number of benzene rings is 2. The Morgan fingerprint density at radius 2 is 1.87 bits per heavy atom. The van der Waals surface area contributed by atoms with Gasteiger partial charge in [0.2, 0.25) is 0 Å². The van der Waals surface area contributed by atoms with Crippen molar-refractivity contribution in [1.29, 1.82) is 0 Å². The molecule has 164 valence electrons. The number of urea groups is 1. The summed E-state index contributed by atoms with van der Waals surface area (Å²) in [6.07, 6.45) is 2.19. The highest BCUT2D eigenvalue weighted by Crippen LogP contribution is 2.33. The summed E-state index contributed by atoms with van der Waals surface area (Å²) in [4.78, 5) is 26.9. The molecule has 0 saturated carbocycles. The van der Waals surface area contributed by atoms with Crippen LogP contribution >= 0.6 is 0 Å². The number of aryl methyl sites for hydroxylation is 2. The fraction of sp³-hybridized carbons (Fsp3) is 0.440. The van der Waals surface area contributed by atoms with Gasteiger partial charge < -0.3 is 15.2 Å². The van der Waals surface area contributed by atoms with Gasteiger partial charge in [-0.05, 0) is 60.4 Å². The van der Waals surface area contributed by atoms with Crippen LogP contribution in [0.15, 0.2) is 42.5 Å². The molecule has 6 nitrogen and oxygen atoms in total. The molecule has 0 bridgehead atoms. The van der Waals surface area contributed by atoms with Crippen LogP contribution in [0, 0.1) is 0 Å². The number of aliphatic hydroxyl groups is 1. The first-order valence-corrected chi connectivity index (χ1v) is 11.0. The third kappa shape index (κ3) is 4.04. The Morgan fingerprint density at radius 3 is 2.65 bits per heavy atom. The maximum absolute atomic E-state index is 13.2. The molecule has 0 aromatic heterocycles. The van der Waals surface area contributed by atoms with E-state index in [1.807, 2.05) is 36.4 Å². The summed E-state index contributed by atoms with van der Waals surface area (Å²) in [5.41, 5.74) is 3.27. The normalized spacial score (nSPS) is 21.4. The summed E-state index contributed by atoms with van der Waals surface area (Å²) in [5.74, 6) is 0.640. The number of ether oxygens (including phenoxy) is 1. The topological polar surface area (TPSA) is 78.9 Å². The van der Waals surface area contributed by atoms with Crippen molar-refractivity contribution in [3.05, 3.63) is 64.7 Å². The summed E-state index contributed by atoms with van der Waals surface area (Å²) < 4.78 is 5.81. The first-order valence-electron chi connectivity index (χ1n) is 11.0. The SMILES string of the molecule is CC(C)c1ccccc1OC[C@@H](O)CN1C(=O)N[C@](C)(c2ccc3c(c2)CCC3)C1=O. The molecule has 4 rings (SSSR count). The average molecular weight is 423 g/mol. The number of rotatable bonds is 7. The minimum Gasteiger partial charge on any atom is -0.491 e. The summed E-state index contributed by atoms with van der Waals surface area (Å²) in [7, 11) is 0. The molecule has 1 heterocycles. The van der Waals surface area contributed by atoms with Crippen LogP contribution < -0.4 is 10.1 Å². The molecule has 6 heteroatoms. The van der Waals surface area contributed by atoms with Gasteiger partial charge in [-0.3, -0.25) is 9.69 Å². The molecule has 0 spiro atoms. The van der Waals surface area contributed by atoms with Crippen LogP contribution in [0.3, 0.4) is 0 Å². The van der Waals surface area contributed by atoms with E-state index in [1.54, 1.807) is 6.92 Å². The number of nitrogens with one attached hydrogen (secondary N) is 1. The summed E-state index contributed by atoms with van der Waals surface area (Å²) in [5, 5.41) is 13.3. The minimum absolute atomic E-state index is 0.00362. The van der Waals surface area contributed by atoms with Crippen LogP contribution in [0.5, 0.6) is 5.75 Å². The number of carbonyl (C=O) groups is 2. The number of hydrogen-bond acceptors (Lipinski definition) is 4. The van der Waals surface area contributed by atoms with Crippen molar-refractivity contribution >= 4 is 11.9 Å². The molecule has 1 aliphatic carbocycles. The number of hydrogen-bond donors (Lipinski definition) is 2. The Kier molecular flexibility index (Phi) is 5.75. The van der Waals surface area contributed by atoms with Crippen molar-refractivity contribution < 1.29 is 19.4 Å². The van der Waals surface area contributed by atoms with Crippen LogP contribution in [0.4, 0.5) is 4.79 Å². The second-order valence-corrected chi connectivity index (χ2v) is 8.97. The van der Waals surface area contributed by atoms with Gasteiger partial charge in [0.15, 0.2) is 0 Å². The third-order valence-corrected chi connectivity index (χ3v) is 6.32. The maximum Gasteiger partial charge on any atom is 0.325 e. The number of nitrogens with zero attached hydrogens (tertiary/aromatic N) is 1. The predicted octanol–water partition coefficient (Wildman–Crippen LogP) is 3.51. The van der Waals surface area contributed by atoms with E-state index in [4.69, 9.17) is 4.74 Å². The number of para-hydroxylation sites is 1. The summed E-state index contributed by atoms with van der Waals surface area (Å²) >= 11 is 0. The summed E-state index contributed by atoms with van der Waals surface area (Å²) in [6, 6.07) is 13.2. The Hall–Kier alpha value is -2.86. The van der Waals surface area contributed by atoms with E-state index in [2.05, 4.69) is 25.2 Å². The molecule has 2 aromatic rings. The third-order valence-electron chi connectivity index (χ3n) is 6.32. The van der Waals surface area contributed by atoms with Gasteiger partial charge in [0.1, 0.15) is 24.0 Å². The van der Waals surface area contributed by atoms with Gasteiger partial charge in [0.25, 0.3) is 5.91 Å². The van der Waals surface area contributed by atoms with Crippen LogP contribution in [0.25, 0.3) is 0 Å². The van der Waals surface area contributed by atoms with Crippen LogP contribution in [-0.4, -0.2) is 41.2 Å². The van der Waals surface area contributed by atoms with Gasteiger partial charge in [0.05, 0.1) is 6.54 Å². The van der Waals surface area contributed by atoms with Gasteiger partial charge >= 0.3 is 6.03 Å². The number of carbonyl (C=O) groups excluding carboxylic acids is 2. The van der Waals surface area contributed by atoms with Crippen LogP contribution in [-0.2, 0) is 23.2 Å². The highest BCUT2D eigenvalue weighted by molar-refractivity contribution is 6.07. The molecular formula is C25H30N2O4. The Balaban J connectivity index is 1.43. The van der Waals surface area contributed by atoms with E-state index in [9.17, 15) is 14.7 Å². The average Bonchev–Trinajstić information content (AvgIpc) is 3.30. The smallest absolute Gasteiger partial charge is 0.325 e. The predicted molar refractivity (Wildman–Crippen MR) is 118 cm³/mol. The number of β-amino-alcohol motifs (C(OH)–C–C–N with tert-alkyl or cyclic N) is 1. The van der Waals surface area contributed by atoms with Crippen LogP contribution in [0.1, 0.15) is 55.4 Å². The second kappa shape index (κ2) is 8.35. The minimum atomic E-state index is -1.13. The molecule has 2 aromatic carbocycles. The van der Waals surface area contributed by atoms with E-state index in [-0.39, 0.29) is 25.0 Å². The molecule has 31 heavy (non-hydrogen) atoms. The zero-order chi connectivity index (χ0) is 22.2. The zero-order valence-corrected chi connectivity index (χ0v) is 18.4. The van der Waals surface area contributed by atoms with Crippen molar-refractivity contribution in [3.63, 3.8) is 0 Å². The fourth-order valence-corrected chi connectivity index (χ4v) is 4.48. The van der Waals surface area contributed by atoms with Crippen molar-refractivity contribution in [2.45, 2.75) is 57.6 Å². The second-order valence-electron chi connectivity index (χ2n) is 8.97. The van der Waals surface area contributed by atoms with Gasteiger partial charge in [-0.1, -0.05) is 50.2 Å². The first kappa shape index (κ1) is 21.4. The molecular weight excluding hydrogens is 392 g/mol. The number of imide groups is 1. The lowest BCUT2D eigenvalue weighted by Gasteiger charge is -2.24. The van der Waals surface area contributed by atoms with Gasteiger partial charge in [-0.2, -0.15) is 0 Å². The quantitative estimate of drug-likeness (QED) is 0.670. The zero-order valence-electron chi connectivity index (χ0n) is 18.4. The Labute approximate surface area is 183 Å². The Bertz CT molecular complexity index is 1000. The van der Waals surface area contributed by atoms with Crippen molar-refractivity contribution in [1.82, 2.24) is 10.2 Å². The van der Waals surface area contributed by atoms with E-state index < -0.39 is 17.7 Å². The van der Waals surface area contributed by atoms with Gasteiger partial charge in [-0.25, -0.2) is 4.79 Å². The van der Waals surface area contributed by atoms with E-state index >= 15 is 0 Å². The number of amides is 3. The first-order chi connectivity index (χ1) is 14.8.